The zero-order chi connectivity index (χ0) is 10.7. The Labute approximate surface area is 94.2 Å². The average Bonchev–Trinajstić information content (AvgIpc) is 2.29. The molecule has 0 radical (unpaired) electrons. The van der Waals surface area contributed by atoms with Crippen LogP contribution in [0.3, 0.4) is 0 Å². The van der Waals surface area contributed by atoms with Crippen LogP contribution in [-0.4, -0.2) is 11.5 Å². The number of thioether (sulfide) groups is 1. The maximum Gasteiger partial charge on any atom is 0.123 e. The quantitative estimate of drug-likeness (QED) is 0.837. The van der Waals surface area contributed by atoms with Gasteiger partial charge in [0.2, 0.25) is 0 Å². The molecule has 82 valence electrons. The Morgan fingerprint density at radius 3 is 2.73 bits per heavy atom. The first-order chi connectivity index (χ1) is 7.27. The average molecular weight is 225 g/mol. The fraction of sp³-hybridized carbons (Fsp3) is 0.500. The van der Waals surface area contributed by atoms with Crippen molar-refractivity contribution >= 4 is 11.8 Å². The van der Waals surface area contributed by atoms with Gasteiger partial charge in [0.15, 0.2) is 0 Å². The fourth-order valence-corrected chi connectivity index (χ4v) is 3.20. The van der Waals surface area contributed by atoms with E-state index in [0.29, 0.717) is 5.92 Å². The molecule has 0 amide bonds. The van der Waals surface area contributed by atoms with Crippen LogP contribution in [0.4, 0.5) is 4.39 Å². The normalized spacial score (nSPS) is 20.1. The summed E-state index contributed by atoms with van der Waals surface area (Å²) < 4.78 is 13.0. The van der Waals surface area contributed by atoms with Gasteiger partial charge in [-0.05, 0) is 48.0 Å². The van der Waals surface area contributed by atoms with Crippen LogP contribution in [0.5, 0.6) is 0 Å². The molecule has 1 aromatic rings. The lowest BCUT2D eigenvalue weighted by atomic mass is 9.89. The minimum atomic E-state index is -0.187. The second-order valence-electron chi connectivity index (χ2n) is 4.03. The largest absolute Gasteiger partial charge is 0.324 e. The van der Waals surface area contributed by atoms with Crippen LogP contribution in [0, 0.1) is 11.7 Å². The maximum absolute atomic E-state index is 13.0. The summed E-state index contributed by atoms with van der Waals surface area (Å²) in [6, 6.07) is 6.69. The molecule has 1 heterocycles. The number of halogens is 1. The highest BCUT2D eigenvalue weighted by atomic mass is 32.2. The Balaban J connectivity index is 2.08. The number of hydrogen-bond acceptors (Lipinski definition) is 2. The Morgan fingerprint density at radius 1 is 1.33 bits per heavy atom. The standard InChI is InChI=1S/C12H16FNS/c13-11-3-1-2-10(8-11)12(14)9-4-6-15-7-5-9/h1-3,8-9,12H,4-7,14H2. The number of benzene rings is 1. The molecule has 1 aliphatic rings. The van der Waals surface area contributed by atoms with Crippen molar-refractivity contribution in [2.45, 2.75) is 18.9 Å². The maximum atomic E-state index is 13.0. The second-order valence-corrected chi connectivity index (χ2v) is 5.26. The molecule has 1 fully saturated rings. The van der Waals surface area contributed by atoms with Gasteiger partial charge in [0.1, 0.15) is 5.82 Å². The van der Waals surface area contributed by atoms with Crippen LogP contribution in [0.2, 0.25) is 0 Å². The lowest BCUT2D eigenvalue weighted by molar-refractivity contribution is 0.402. The van der Waals surface area contributed by atoms with E-state index in [-0.39, 0.29) is 11.9 Å². The SMILES string of the molecule is NC(c1cccc(F)c1)C1CCSCC1. The van der Waals surface area contributed by atoms with Crippen molar-refractivity contribution in [1.82, 2.24) is 0 Å². The third-order valence-electron chi connectivity index (χ3n) is 3.01. The van der Waals surface area contributed by atoms with E-state index in [2.05, 4.69) is 0 Å². The molecule has 1 aromatic carbocycles. The molecule has 2 rings (SSSR count). The predicted molar refractivity (Wildman–Crippen MR) is 63.4 cm³/mol. The number of hydrogen-bond donors (Lipinski definition) is 1. The minimum absolute atomic E-state index is 0.00148. The summed E-state index contributed by atoms with van der Waals surface area (Å²) in [4.78, 5) is 0. The lowest BCUT2D eigenvalue weighted by Gasteiger charge is -2.27. The van der Waals surface area contributed by atoms with Gasteiger partial charge in [0, 0.05) is 6.04 Å². The molecule has 1 saturated heterocycles. The minimum Gasteiger partial charge on any atom is -0.324 e. The molecule has 0 aromatic heterocycles. The van der Waals surface area contributed by atoms with E-state index < -0.39 is 0 Å². The highest BCUT2D eigenvalue weighted by molar-refractivity contribution is 7.99. The van der Waals surface area contributed by atoms with E-state index in [1.807, 2.05) is 17.8 Å². The van der Waals surface area contributed by atoms with Crippen molar-refractivity contribution in [3.63, 3.8) is 0 Å². The Morgan fingerprint density at radius 2 is 2.07 bits per heavy atom. The first kappa shape index (κ1) is 11.0. The molecule has 1 aliphatic heterocycles. The molecule has 2 N–H and O–H groups in total. The van der Waals surface area contributed by atoms with Crippen LogP contribution in [0.15, 0.2) is 24.3 Å². The second kappa shape index (κ2) is 4.99. The molecule has 3 heteroatoms. The summed E-state index contributed by atoms with van der Waals surface area (Å²) in [6.45, 7) is 0. The molecule has 15 heavy (non-hydrogen) atoms. The van der Waals surface area contributed by atoms with Crippen LogP contribution in [0.25, 0.3) is 0 Å². The fourth-order valence-electron chi connectivity index (χ4n) is 2.06. The van der Waals surface area contributed by atoms with Crippen molar-refractivity contribution in [2.24, 2.45) is 11.7 Å². The van der Waals surface area contributed by atoms with Crippen LogP contribution < -0.4 is 5.73 Å². The van der Waals surface area contributed by atoms with Crippen LogP contribution in [0.1, 0.15) is 24.4 Å². The molecule has 0 bridgehead atoms. The van der Waals surface area contributed by atoms with E-state index in [1.54, 1.807) is 12.1 Å². The van der Waals surface area contributed by atoms with Crippen molar-refractivity contribution < 1.29 is 4.39 Å². The van der Waals surface area contributed by atoms with Crippen molar-refractivity contribution in [2.75, 3.05) is 11.5 Å². The molecule has 0 spiro atoms. The zero-order valence-corrected chi connectivity index (χ0v) is 9.47. The summed E-state index contributed by atoms with van der Waals surface area (Å²) in [5.41, 5.74) is 7.10. The van der Waals surface area contributed by atoms with Gasteiger partial charge in [-0.1, -0.05) is 12.1 Å². The Bertz CT molecular complexity index is 323. The van der Waals surface area contributed by atoms with Crippen LogP contribution >= 0.6 is 11.8 Å². The summed E-state index contributed by atoms with van der Waals surface area (Å²) in [5, 5.41) is 0. The summed E-state index contributed by atoms with van der Waals surface area (Å²) in [7, 11) is 0. The Hall–Kier alpha value is -0.540. The van der Waals surface area contributed by atoms with E-state index in [1.165, 1.54) is 17.6 Å². The highest BCUT2D eigenvalue weighted by Crippen LogP contribution is 2.31. The van der Waals surface area contributed by atoms with Gasteiger partial charge in [-0.15, -0.1) is 0 Å². The van der Waals surface area contributed by atoms with E-state index in [0.717, 1.165) is 18.4 Å². The van der Waals surface area contributed by atoms with Gasteiger partial charge in [-0.2, -0.15) is 11.8 Å². The van der Waals surface area contributed by atoms with Gasteiger partial charge < -0.3 is 5.73 Å². The molecule has 1 unspecified atom stereocenters. The summed E-state index contributed by atoms with van der Waals surface area (Å²) in [6.07, 6.45) is 2.31. The van der Waals surface area contributed by atoms with E-state index >= 15 is 0 Å². The molecule has 1 nitrogen and oxygen atoms in total. The van der Waals surface area contributed by atoms with Crippen molar-refractivity contribution in [1.29, 1.82) is 0 Å². The number of nitrogens with two attached hydrogens (primary N) is 1. The van der Waals surface area contributed by atoms with Crippen molar-refractivity contribution in [3.05, 3.63) is 35.6 Å². The number of rotatable bonds is 2. The van der Waals surface area contributed by atoms with Crippen LogP contribution in [-0.2, 0) is 0 Å². The van der Waals surface area contributed by atoms with E-state index in [4.69, 9.17) is 5.73 Å². The third-order valence-corrected chi connectivity index (χ3v) is 4.06. The van der Waals surface area contributed by atoms with Crippen molar-refractivity contribution in [3.8, 4) is 0 Å². The molecular weight excluding hydrogens is 209 g/mol. The zero-order valence-electron chi connectivity index (χ0n) is 8.66. The predicted octanol–water partition coefficient (Wildman–Crippen LogP) is 2.97. The summed E-state index contributed by atoms with van der Waals surface area (Å²) >= 11 is 1.98. The lowest BCUT2D eigenvalue weighted by Crippen LogP contribution is -2.25. The first-order valence-corrected chi connectivity index (χ1v) is 6.51. The van der Waals surface area contributed by atoms with E-state index in [9.17, 15) is 4.39 Å². The monoisotopic (exact) mass is 225 g/mol. The third kappa shape index (κ3) is 2.73. The smallest absolute Gasteiger partial charge is 0.123 e. The topological polar surface area (TPSA) is 26.0 Å². The molecular formula is C12H16FNS. The molecule has 1 atom stereocenters. The first-order valence-electron chi connectivity index (χ1n) is 5.36. The molecule has 0 saturated carbocycles. The summed E-state index contributed by atoms with van der Waals surface area (Å²) in [5.74, 6) is 2.71. The van der Waals surface area contributed by atoms with Gasteiger partial charge in [0.25, 0.3) is 0 Å². The Kier molecular flexibility index (Phi) is 3.65. The highest BCUT2D eigenvalue weighted by Gasteiger charge is 2.22. The van der Waals surface area contributed by atoms with Gasteiger partial charge in [0.05, 0.1) is 0 Å². The molecule has 0 aliphatic carbocycles. The van der Waals surface area contributed by atoms with Gasteiger partial charge in [-0.25, -0.2) is 4.39 Å². The van der Waals surface area contributed by atoms with Gasteiger partial charge in [-0.3, -0.25) is 0 Å². The van der Waals surface area contributed by atoms with Gasteiger partial charge >= 0.3 is 0 Å².